The summed E-state index contributed by atoms with van der Waals surface area (Å²) in [5.41, 5.74) is 11.1. The number of rotatable bonds is 1. The topological polar surface area (TPSA) is 23.5 Å². The van der Waals surface area contributed by atoms with Crippen molar-refractivity contribution in [3.05, 3.63) is 75.4 Å². The van der Waals surface area contributed by atoms with Crippen LogP contribution in [0.3, 0.4) is 0 Å². The zero-order valence-electron chi connectivity index (χ0n) is 15.3. The Labute approximate surface area is 150 Å². The van der Waals surface area contributed by atoms with Gasteiger partial charge in [0.25, 0.3) is 0 Å². The first-order valence-electron chi connectivity index (χ1n) is 9.39. The number of aryl methyl sites for hydroxylation is 3. The van der Waals surface area contributed by atoms with Crippen LogP contribution in [-0.2, 0) is 19.4 Å². The largest absolute Gasteiger partial charge is 0.392 e. The van der Waals surface area contributed by atoms with Gasteiger partial charge in [-0.3, -0.25) is 0 Å². The van der Waals surface area contributed by atoms with Gasteiger partial charge >= 0.3 is 0 Å². The van der Waals surface area contributed by atoms with Gasteiger partial charge in [-0.1, -0.05) is 41.5 Å². The molecule has 25 heavy (non-hydrogen) atoms. The van der Waals surface area contributed by atoms with Gasteiger partial charge < -0.3 is 10.0 Å². The predicted molar refractivity (Wildman–Crippen MR) is 104 cm³/mol. The quantitative estimate of drug-likeness (QED) is 0.849. The normalized spacial score (nSPS) is 17.9. The zero-order valence-corrected chi connectivity index (χ0v) is 15.3. The van der Waals surface area contributed by atoms with Crippen LogP contribution in [0.4, 0.5) is 0 Å². The van der Waals surface area contributed by atoms with Crippen LogP contribution in [0.5, 0.6) is 0 Å². The molecular weight excluding hydrogens is 306 g/mol. The van der Waals surface area contributed by atoms with E-state index in [1.165, 1.54) is 33.4 Å². The second-order valence-electron chi connectivity index (χ2n) is 7.59. The Bertz CT molecular complexity index is 824. The van der Waals surface area contributed by atoms with E-state index in [2.05, 4.69) is 55.3 Å². The molecule has 2 heteroatoms. The molecule has 2 aromatic rings. The van der Waals surface area contributed by atoms with Crippen molar-refractivity contribution in [2.45, 2.75) is 39.2 Å². The van der Waals surface area contributed by atoms with E-state index in [4.69, 9.17) is 0 Å². The molecule has 0 radical (unpaired) electrons. The van der Waals surface area contributed by atoms with Gasteiger partial charge in [-0.05, 0) is 79.1 Å². The Kier molecular flexibility index (Phi) is 4.49. The summed E-state index contributed by atoms with van der Waals surface area (Å²) >= 11 is 0. The molecule has 0 aromatic heterocycles. The fourth-order valence-corrected chi connectivity index (χ4v) is 4.25. The highest BCUT2D eigenvalue weighted by Crippen LogP contribution is 2.39. The average Bonchev–Trinajstić information content (AvgIpc) is 2.78. The van der Waals surface area contributed by atoms with Gasteiger partial charge in [0, 0.05) is 13.1 Å². The molecule has 0 spiro atoms. The van der Waals surface area contributed by atoms with Crippen molar-refractivity contribution in [3.8, 4) is 0 Å². The molecule has 1 aliphatic carbocycles. The number of aliphatic hydroxyl groups excluding tert-OH is 1. The smallest absolute Gasteiger partial charge is 0.0682 e. The molecule has 2 nitrogen and oxygen atoms in total. The van der Waals surface area contributed by atoms with E-state index >= 15 is 0 Å². The molecule has 0 unspecified atom stereocenters. The van der Waals surface area contributed by atoms with Crippen LogP contribution in [0.1, 0.15) is 46.2 Å². The molecule has 0 saturated carbocycles. The predicted octanol–water partition coefficient (Wildman–Crippen LogP) is 4.11. The van der Waals surface area contributed by atoms with Crippen LogP contribution in [0.25, 0.3) is 5.57 Å². The first kappa shape index (κ1) is 16.6. The SMILES string of the molecule is Cc1ccc2c(c1)C(=C1CCN(C)CC1)c1cc(CO)ccc1CC2. The lowest BCUT2D eigenvalue weighted by molar-refractivity contribution is 0.282. The van der Waals surface area contributed by atoms with Crippen molar-refractivity contribution in [2.75, 3.05) is 20.1 Å². The van der Waals surface area contributed by atoms with E-state index in [1.807, 2.05) is 0 Å². The summed E-state index contributed by atoms with van der Waals surface area (Å²) in [6, 6.07) is 13.5. The minimum Gasteiger partial charge on any atom is -0.392 e. The lowest BCUT2D eigenvalue weighted by atomic mass is 9.85. The number of hydrogen-bond acceptors (Lipinski definition) is 2. The van der Waals surface area contributed by atoms with Gasteiger partial charge in [0.2, 0.25) is 0 Å². The number of aliphatic hydroxyl groups is 1. The summed E-state index contributed by atoms with van der Waals surface area (Å²) in [6.45, 7) is 4.57. The van der Waals surface area contributed by atoms with Gasteiger partial charge in [-0.2, -0.15) is 0 Å². The lowest BCUT2D eigenvalue weighted by Crippen LogP contribution is -2.27. The molecule has 0 atom stereocenters. The first-order chi connectivity index (χ1) is 12.2. The Morgan fingerprint density at radius 3 is 2.20 bits per heavy atom. The monoisotopic (exact) mass is 333 g/mol. The van der Waals surface area contributed by atoms with Gasteiger partial charge in [0.15, 0.2) is 0 Å². The van der Waals surface area contributed by atoms with Gasteiger partial charge in [-0.15, -0.1) is 0 Å². The second kappa shape index (κ2) is 6.78. The van der Waals surface area contributed by atoms with Crippen molar-refractivity contribution in [1.82, 2.24) is 4.90 Å². The van der Waals surface area contributed by atoms with E-state index in [0.717, 1.165) is 44.3 Å². The number of piperidine rings is 1. The van der Waals surface area contributed by atoms with Crippen molar-refractivity contribution >= 4 is 5.57 Å². The Morgan fingerprint density at radius 2 is 1.52 bits per heavy atom. The second-order valence-corrected chi connectivity index (χ2v) is 7.59. The molecular formula is C23H27NO. The molecule has 1 N–H and O–H groups in total. The summed E-state index contributed by atoms with van der Waals surface area (Å²) in [5, 5.41) is 9.66. The molecule has 130 valence electrons. The molecule has 1 heterocycles. The molecule has 1 aliphatic heterocycles. The van der Waals surface area contributed by atoms with E-state index in [9.17, 15) is 5.11 Å². The van der Waals surface area contributed by atoms with Crippen molar-refractivity contribution in [1.29, 1.82) is 0 Å². The third-order valence-electron chi connectivity index (χ3n) is 5.77. The van der Waals surface area contributed by atoms with Crippen LogP contribution >= 0.6 is 0 Å². The van der Waals surface area contributed by atoms with Crippen LogP contribution in [0.15, 0.2) is 42.0 Å². The molecule has 1 saturated heterocycles. The highest BCUT2D eigenvalue weighted by Gasteiger charge is 2.23. The van der Waals surface area contributed by atoms with Crippen LogP contribution < -0.4 is 0 Å². The highest BCUT2D eigenvalue weighted by atomic mass is 16.3. The molecule has 1 fully saturated rings. The van der Waals surface area contributed by atoms with Crippen LogP contribution in [0, 0.1) is 6.92 Å². The number of benzene rings is 2. The standard InChI is InChI=1S/C23H27NO/c1-16-3-5-18-7-8-19-6-4-17(15-25)14-22(19)23(21(18)13-16)20-9-11-24(2)12-10-20/h3-6,13-14,25H,7-12,15H2,1-2H3. The van der Waals surface area contributed by atoms with Crippen molar-refractivity contribution in [3.63, 3.8) is 0 Å². The van der Waals surface area contributed by atoms with Crippen molar-refractivity contribution in [2.24, 2.45) is 0 Å². The number of hydrogen-bond donors (Lipinski definition) is 1. The molecule has 4 rings (SSSR count). The third kappa shape index (κ3) is 3.17. The van der Waals surface area contributed by atoms with Gasteiger partial charge in [0.05, 0.1) is 6.61 Å². The minimum atomic E-state index is 0.110. The summed E-state index contributed by atoms with van der Waals surface area (Å²) in [7, 11) is 2.21. The maximum absolute atomic E-state index is 9.66. The van der Waals surface area contributed by atoms with E-state index in [0.29, 0.717) is 0 Å². The Morgan fingerprint density at radius 1 is 0.880 bits per heavy atom. The summed E-state index contributed by atoms with van der Waals surface area (Å²) in [4.78, 5) is 2.42. The van der Waals surface area contributed by atoms with E-state index in [-0.39, 0.29) is 6.61 Å². The number of likely N-dealkylation sites (tertiary alicyclic amines) is 1. The summed E-state index contributed by atoms with van der Waals surface area (Å²) < 4.78 is 0. The molecule has 0 amide bonds. The number of nitrogens with zero attached hydrogens (tertiary/aromatic N) is 1. The van der Waals surface area contributed by atoms with Crippen molar-refractivity contribution < 1.29 is 5.11 Å². The fourth-order valence-electron chi connectivity index (χ4n) is 4.25. The molecule has 2 aliphatic rings. The van der Waals surface area contributed by atoms with Crippen LogP contribution in [0.2, 0.25) is 0 Å². The minimum absolute atomic E-state index is 0.110. The zero-order chi connectivity index (χ0) is 17.4. The first-order valence-corrected chi connectivity index (χ1v) is 9.39. The molecule has 0 bridgehead atoms. The molecule has 2 aromatic carbocycles. The van der Waals surface area contributed by atoms with Gasteiger partial charge in [-0.25, -0.2) is 0 Å². The summed E-state index contributed by atoms with van der Waals surface area (Å²) in [6.07, 6.45) is 4.45. The van der Waals surface area contributed by atoms with E-state index in [1.54, 1.807) is 5.57 Å². The fraction of sp³-hybridized carbons (Fsp3) is 0.391. The van der Waals surface area contributed by atoms with E-state index < -0.39 is 0 Å². The maximum atomic E-state index is 9.66. The lowest BCUT2D eigenvalue weighted by Gasteiger charge is -2.27. The van der Waals surface area contributed by atoms with Crippen LogP contribution in [-0.4, -0.2) is 30.1 Å². The number of fused-ring (bicyclic) bond motifs is 2. The maximum Gasteiger partial charge on any atom is 0.0682 e. The average molecular weight is 333 g/mol. The summed E-state index contributed by atoms with van der Waals surface area (Å²) in [5.74, 6) is 0. The van der Waals surface area contributed by atoms with Gasteiger partial charge in [0.1, 0.15) is 0 Å². The Hall–Kier alpha value is -1.90. The Balaban J connectivity index is 1.96. The highest BCUT2D eigenvalue weighted by molar-refractivity contribution is 5.86. The third-order valence-corrected chi connectivity index (χ3v) is 5.77.